The predicted molar refractivity (Wildman–Crippen MR) is 113 cm³/mol. The summed E-state index contributed by atoms with van der Waals surface area (Å²) in [5, 5.41) is 21.3. The molecule has 1 heterocycles. The van der Waals surface area contributed by atoms with Crippen molar-refractivity contribution in [2.45, 2.75) is 52.9 Å². The Bertz CT molecular complexity index is 822. The number of alkyl halides is 2. The average molecular weight is 424 g/mol. The number of hydrogen-bond acceptors (Lipinski definition) is 4. The van der Waals surface area contributed by atoms with E-state index >= 15 is 0 Å². The Balaban J connectivity index is 2.03. The minimum absolute atomic E-state index is 0.0544. The molecule has 0 spiro atoms. The maximum atomic E-state index is 12.2. The first-order valence-corrected chi connectivity index (χ1v) is 10.2. The number of nitrogens with one attached hydrogen (secondary N) is 2. The van der Waals surface area contributed by atoms with Gasteiger partial charge in [-0.05, 0) is 37.5 Å². The molecule has 0 aliphatic carbocycles. The minimum atomic E-state index is -2.87. The molecule has 0 saturated carbocycles. The summed E-state index contributed by atoms with van der Waals surface area (Å²) in [5.41, 5.74) is 3.93. The van der Waals surface area contributed by atoms with E-state index in [1.807, 2.05) is 18.7 Å². The van der Waals surface area contributed by atoms with Gasteiger partial charge in [0.05, 0.1) is 18.3 Å². The number of nitrogens with zero attached hydrogens (tertiary/aromatic N) is 3. The Morgan fingerprint density at radius 1 is 1.17 bits per heavy atom. The third-order valence-electron chi connectivity index (χ3n) is 4.72. The lowest BCUT2D eigenvalue weighted by molar-refractivity contribution is -0.0498. The second kappa shape index (κ2) is 11.5. The van der Waals surface area contributed by atoms with Crippen LogP contribution in [-0.2, 0) is 26.4 Å². The quantitative estimate of drug-likeness (QED) is 0.404. The Morgan fingerprint density at radius 3 is 2.43 bits per heavy atom. The molecule has 30 heavy (non-hydrogen) atoms. The van der Waals surface area contributed by atoms with Crippen molar-refractivity contribution in [3.63, 3.8) is 0 Å². The number of aryl methyl sites for hydroxylation is 2. The van der Waals surface area contributed by atoms with Crippen LogP contribution in [0.2, 0.25) is 0 Å². The summed E-state index contributed by atoms with van der Waals surface area (Å²) >= 11 is 0. The summed E-state index contributed by atoms with van der Waals surface area (Å²) < 4.78 is 30.7. The topological polar surface area (TPSA) is 83.7 Å². The molecule has 1 unspecified atom stereocenters. The fourth-order valence-corrected chi connectivity index (χ4v) is 3.25. The molecular formula is C21H31F2N5O2. The lowest BCUT2D eigenvalue weighted by Gasteiger charge is -2.16. The number of aliphatic imine (C=N–C) groups is 1. The van der Waals surface area contributed by atoms with Gasteiger partial charge in [-0.25, -0.2) is 4.99 Å². The number of hydrogen-bond donors (Lipinski definition) is 3. The summed E-state index contributed by atoms with van der Waals surface area (Å²) in [5.74, 6) is 0.640. The molecule has 2 aromatic rings. The highest BCUT2D eigenvalue weighted by atomic mass is 19.3. The molecule has 2 rings (SSSR count). The fourth-order valence-electron chi connectivity index (χ4n) is 3.25. The van der Waals surface area contributed by atoms with E-state index < -0.39 is 12.7 Å². The predicted octanol–water partition coefficient (Wildman–Crippen LogP) is 2.94. The number of guanidine groups is 1. The first-order valence-electron chi connectivity index (χ1n) is 10.2. The van der Waals surface area contributed by atoms with Crippen molar-refractivity contribution in [2.75, 3.05) is 13.1 Å². The Morgan fingerprint density at radius 2 is 1.87 bits per heavy atom. The van der Waals surface area contributed by atoms with Crippen molar-refractivity contribution in [1.82, 2.24) is 20.4 Å². The van der Waals surface area contributed by atoms with Crippen LogP contribution in [-0.4, -0.2) is 40.5 Å². The molecule has 7 nitrogen and oxygen atoms in total. The fraction of sp³-hybridized carbons (Fsp3) is 0.524. The molecule has 166 valence electrons. The van der Waals surface area contributed by atoms with E-state index in [9.17, 15) is 13.9 Å². The van der Waals surface area contributed by atoms with Crippen LogP contribution in [0.4, 0.5) is 8.78 Å². The summed E-state index contributed by atoms with van der Waals surface area (Å²) in [7, 11) is 1.95. The SMILES string of the molecule is CCNC(=NCc1c(CC)nn(C)c1CC)NCC(O)c1ccc(OC(F)F)cc1. The molecular weight excluding hydrogens is 392 g/mol. The average Bonchev–Trinajstić information content (AvgIpc) is 3.04. The molecule has 3 N–H and O–H groups in total. The molecule has 0 radical (unpaired) electrons. The molecule has 1 atom stereocenters. The first-order chi connectivity index (χ1) is 14.4. The molecule has 0 bridgehead atoms. The summed E-state index contributed by atoms with van der Waals surface area (Å²) in [6.45, 7) is 4.65. The maximum Gasteiger partial charge on any atom is 0.387 e. The number of rotatable bonds is 10. The van der Waals surface area contributed by atoms with Crippen LogP contribution in [0.25, 0.3) is 0 Å². The Labute approximate surface area is 176 Å². The molecule has 0 fully saturated rings. The third kappa shape index (κ3) is 6.41. The van der Waals surface area contributed by atoms with Gasteiger partial charge in [0.15, 0.2) is 5.96 Å². The van der Waals surface area contributed by atoms with Crippen molar-refractivity contribution in [1.29, 1.82) is 0 Å². The monoisotopic (exact) mass is 423 g/mol. The number of aromatic nitrogens is 2. The molecule has 0 aliphatic rings. The van der Waals surface area contributed by atoms with E-state index in [2.05, 4.69) is 39.3 Å². The summed E-state index contributed by atoms with van der Waals surface area (Å²) in [4.78, 5) is 4.65. The highest BCUT2D eigenvalue weighted by Crippen LogP contribution is 2.19. The van der Waals surface area contributed by atoms with Gasteiger partial charge in [-0.1, -0.05) is 26.0 Å². The second-order valence-electron chi connectivity index (χ2n) is 6.74. The molecule has 9 heteroatoms. The zero-order valence-electron chi connectivity index (χ0n) is 18.0. The van der Waals surface area contributed by atoms with Crippen LogP contribution in [0.1, 0.15) is 49.4 Å². The van der Waals surface area contributed by atoms with Gasteiger partial charge in [0.2, 0.25) is 0 Å². The van der Waals surface area contributed by atoms with Gasteiger partial charge in [-0.3, -0.25) is 4.68 Å². The van der Waals surface area contributed by atoms with Crippen molar-refractivity contribution in [3.05, 3.63) is 46.8 Å². The van der Waals surface area contributed by atoms with Crippen molar-refractivity contribution in [2.24, 2.45) is 12.0 Å². The zero-order valence-corrected chi connectivity index (χ0v) is 18.0. The van der Waals surface area contributed by atoms with E-state index in [0.29, 0.717) is 24.6 Å². The summed E-state index contributed by atoms with van der Waals surface area (Å²) in [6.07, 6.45) is 0.889. The van der Waals surface area contributed by atoms with Crippen LogP contribution in [0, 0.1) is 0 Å². The molecule has 1 aromatic heterocycles. The van der Waals surface area contributed by atoms with Gasteiger partial charge in [-0.15, -0.1) is 0 Å². The van der Waals surface area contributed by atoms with Gasteiger partial charge < -0.3 is 20.5 Å². The van der Waals surface area contributed by atoms with Gasteiger partial charge in [-0.2, -0.15) is 13.9 Å². The lowest BCUT2D eigenvalue weighted by Crippen LogP contribution is -2.39. The van der Waals surface area contributed by atoms with Crippen molar-refractivity contribution < 1.29 is 18.6 Å². The van der Waals surface area contributed by atoms with Gasteiger partial charge in [0.25, 0.3) is 0 Å². The third-order valence-corrected chi connectivity index (χ3v) is 4.72. The van der Waals surface area contributed by atoms with Gasteiger partial charge >= 0.3 is 6.61 Å². The number of aliphatic hydroxyl groups excluding tert-OH is 1. The van der Waals surface area contributed by atoms with Crippen LogP contribution in [0.15, 0.2) is 29.3 Å². The van der Waals surface area contributed by atoms with E-state index in [1.54, 1.807) is 12.1 Å². The molecule has 0 amide bonds. The maximum absolute atomic E-state index is 12.2. The normalized spacial score (nSPS) is 12.9. The van der Waals surface area contributed by atoms with Crippen molar-refractivity contribution in [3.8, 4) is 5.75 Å². The molecule has 0 aliphatic heterocycles. The Hall–Kier alpha value is -2.68. The highest BCUT2D eigenvalue weighted by Gasteiger charge is 2.14. The number of ether oxygens (including phenoxy) is 1. The minimum Gasteiger partial charge on any atom is -0.435 e. The first kappa shape index (κ1) is 23.6. The smallest absolute Gasteiger partial charge is 0.387 e. The van der Waals surface area contributed by atoms with E-state index in [1.165, 1.54) is 12.1 Å². The van der Waals surface area contributed by atoms with E-state index in [-0.39, 0.29) is 12.3 Å². The standard InChI is InChI=1S/C21H31F2N5O2/c1-5-17-16(18(6-2)28(4)27-17)12-25-21(24-7-3)26-13-19(29)14-8-10-15(11-9-14)30-20(22)23/h8-11,19-20,29H,5-7,12-13H2,1-4H3,(H2,24,25,26). The van der Waals surface area contributed by atoms with Crippen LogP contribution in [0.5, 0.6) is 5.75 Å². The van der Waals surface area contributed by atoms with Crippen LogP contribution < -0.4 is 15.4 Å². The molecule has 1 aromatic carbocycles. The van der Waals surface area contributed by atoms with E-state index in [4.69, 9.17) is 0 Å². The van der Waals surface area contributed by atoms with Crippen molar-refractivity contribution >= 4 is 5.96 Å². The highest BCUT2D eigenvalue weighted by molar-refractivity contribution is 5.79. The largest absolute Gasteiger partial charge is 0.435 e. The number of aliphatic hydroxyl groups is 1. The number of benzene rings is 1. The summed E-state index contributed by atoms with van der Waals surface area (Å²) in [6, 6.07) is 5.94. The van der Waals surface area contributed by atoms with Crippen LogP contribution >= 0.6 is 0 Å². The lowest BCUT2D eigenvalue weighted by atomic mass is 10.1. The Kier molecular flexibility index (Phi) is 9.04. The van der Waals surface area contributed by atoms with Gasteiger partial charge in [0, 0.05) is 31.4 Å². The number of halogens is 2. The zero-order chi connectivity index (χ0) is 22.1. The van der Waals surface area contributed by atoms with E-state index in [0.717, 1.165) is 29.8 Å². The van der Waals surface area contributed by atoms with Gasteiger partial charge in [0.1, 0.15) is 5.75 Å². The van der Waals surface area contributed by atoms with Crippen LogP contribution in [0.3, 0.4) is 0 Å². The molecule has 0 saturated heterocycles. The second-order valence-corrected chi connectivity index (χ2v) is 6.74.